The van der Waals surface area contributed by atoms with Gasteiger partial charge in [-0.15, -0.1) is 5.10 Å². The third-order valence-corrected chi connectivity index (χ3v) is 4.85. The fraction of sp³-hybridized carbons (Fsp3) is 0.500. The maximum absolute atomic E-state index is 5.78. The summed E-state index contributed by atoms with van der Waals surface area (Å²) in [5, 5.41) is 11.4. The first-order valence-electron chi connectivity index (χ1n) is 8.91. The van der Waals surface area contributed by atoms with Gasteiger partial charge in [0.15, 0.2) is 11.6 Å². The largest absolute Gasteiger partial charge is 0.378 e. The Morgan fingerprint density at radius 3 is 2.42 bits per heavy atom. The summed E-state index contributed by atoms with van der Waals surface area (Å²) in [4.78, 5) is 8.87. The highest BCUT2D eigenvalue weighted by Gasteiger charge is 2.40. The molecule has 8 heteroatoms. The predicted molar refractivity (Wildman–Crippen MR) is 100.0 cm³/mol. The number of piperidine rings is 1. The van der Waals surface area contributed by atoms with Gasteiger partial charge in [-0.05, 0) is 24.3 Å². The van der Waals surface area contributed by atoms with E-state index >= 15 is 0 Å². The van der Waals surface area contributed by atoms with Crippen molar-refractivity contribution in [2.45, 2.75) is 18.6 Å². The van der Waals surface area contributed by atoms with Gasteiger partial charge in [-0.25, -0.2) is 0 Å². The zero-order valence-electron chi connectivity index (χ0n) is 15.2. The topological polar surface area (TPSA) is 75.6 Å². The molecule has 2 aliphatic rings. The monoisotopic (exact) mass is 356 g/mol. The third kappa shape index (κ3) is 3.56. The van der Waals surface area contributed by atoms with Crippen molar-refractivity contribution in [1.82, 2.24) is 15.2 Å². The number of hydrogen-bond donors (Lipinski definition) is 1. The molecule has 0 radical (unpaired) electrons. The van der Waals surface area contributed by atoms with Crippen molar-refractivity contribution in [3.63, 3.8) is 0 Å². The number of nitrogens with one attached hydrogen (secondary N) is 1. The van der Waals surface area contributed by atoms with Crippen molar-refractivity contribution in [3.05, 3.63) is 30.5 Å². The molecule has 1 spiro atoms. The highest BCUT2D eigenvalue weighted by atomic mass is 16.7. The molecule has 1 aromatic heterocycles. The number of aromatic nitrogens is 3. The first-order chi connectivity index (χ1) is 12.6. The van der Waals surface area contributed by atoms with Crippen molar-refractivity contribution in [1.29, 1.82) is 0 Å². The molecule has 8 nitrogen and oxygen atoms in total. The first kappa shape index (κ1) is 17.0. The average Bonchev–Trinajstić information content (AvgIpc) is 3.11. The third-order valence-electron chi connectivity index (χ3n) is 4.85. The van der Waals surface area contributed by atoms with Gasteiger partial charge in [0.25, 0.3) is 0 Å². The molecule has 1 aromatic carbocycles. The van der Waals surface area contributed by atoms with Crippen LogP contribution in [0.1, 0.15) is 12.8 Å². The highest BCUT2D eigenvalue weighted by molar-refractivity contribution is 5.59. The van der Waals surface area contributed by atoms with Crippen LogP contribution < -0.4 is 15.1 Å². The molecule has 0 bridgehead atoms. The maximum atomic E-state index is 5.78. The van der Waals surface area contributed by atoms with Crippen LogP contribution in [0.2, 0.25) is 0 Å². The molecule has 0 atom stereocenters. The number of hydrogen-bond acceptors (Lipinski definition) is 8. The molecule has 2 saturated heterocycles. The van der Waals surface area contributed by atoms with E-state index in [1.54, 1.807) is 6.20 Å². The molecule has 0 aliphatic carbocycles. The molecule has 0 unspecified atom stereocenters. The number of benzene rings is 1. The Hall–Kier alpha value is -2.45. The van der Waals surface area contributed by atoms with Gasteiger partial charge in [-0.3, -0.25) is 0 Å². The van der Waals surface area contributed by atoms with E-state index < -0.39 is 0 Å². The number of nitrogens with zero attached hydrogens (tertiary/aromatic N) is 5. The van der Waals surface area contributed by atoms with Gasteiger partial charge in [0.1, 0.15) is 0 Å². The summed E-state index contributed by atoms with van der Waals surface area (Å²) in [5.74, 6) is 0.931. The van der Waals surface area contributed by atoms with Crippen molar-refractivity contribution in [2.24, 2.45) is 0 Å². The molecule has 3 heterocycles. The smallest absolute Gasteiger partial charge is 0.249 e. The van der Waals surface area contributed by atoms with Gasteiger partial charge in [0.2, 0.25) is 5.95 Å². The van der Waals surface area contributed by atoms with Gasteiger partial charge >= 0.3 is 0 Å². The molecule has 4 rings (SSSR count). The molecular weight excluding hydrogens is 332 g/mol. The van der Waals surface area contributed by atoms with Crippen LogP contribution in [0.25, 0.3) is 0 Å². The Kier molecular flexibility index (Phi) is 4.60. The summed E-state index contributed by atoms with van der Waals surface area (Å²) in [5.41, 5.74) is 2.07. The van der Waals surface area contributed by atoms with Crippen LogP contribution in [0.15, 0.2) is 30.5 Å². The Morgan fingerprint density at radius 2 is 1.77 bits per heavy atom. The van der Waals surface area contributed by atoms with Crippen LogP contribution in [0.3, 0.4) is 0 Å². The Bertz CT molecular complexity index is 736. The lowest BCUT2D eigenvalue weighted by molar-refractivity contribution is -0.169. The van der Waals surface area contributed by atoms with E-state index in [0.717, 1.165) is 43.1 Å². The quantitative estimate of drug-likeness (QED) is 0.892. The van der Waals surface area contributed by atoms with E-state index in [0.29, 0.717) is 19.2 Å². The minimum absolute atomic E-state index is 0.383. The second-order valence-corrected chi connectivity index (χ2v) is 6.80. The normalized spacial score (nSPS) is 18.9. The number of anilines is 4. The van der Waals surface area contributed by atoms with Crippen LogP contribution in [0, 0.1) is 0 Å². The van der Waals surface area contributed by atoms with Crippen LogP contribution in [-0.2, 0) is 9.47 Å². The van der Waals surface area contributed by atoms with E-state index in [1.807, 2.05) is 38.4 Å². The first-order valence-corrected chi connectivity index (χ1v) is 8.91. The second kappa shape index (κ2) is 7.05. The van der Waals surface area contributed by atoms with Gasteiger partial charge in [0.05, 0.1) is 19.4 Å². The van der Waals surface area contributed by atoms with E-state index in [9.17, 15) is 0 Å². The number of rotatable bonds is 4. The van der Waals surface area contributed by atoms with Crippen LogP contribution in [0.5, 0.6) is 0 Å². The molecule has 0 saturated carbocycles. The molecule has 138 valence electrons. The summed E-state index contributed by atoms with van der Waals surface area (Å²) in [6.07, 6.45) is 3.38. The lowest BCUT2D eigenvalue weighted by atomic mass is 10.0. The zero-order valence-corrected chi connectivity index (χ0v) is 15.2. The Balaban J connectivity index is 1.42. The lowest BCUT2D eigenvalue weighted by Gasteiger charge is -2.37. The average molecular weight is 356 g/mol. The molecule has 2 aromatic rings. The lowest BCUT2D eigenvalue weighted by Crippen LogP contribution is -2.45. The van der Waals surface area contributed by atoms with Gasteiger partial charge in [-0.2, -0.15) is 10.1 Å². The van der Waals surface area contributed by atoms with Crippen molar-refractivity contribution in [3.8, 4) is 0 Å². The molecule has 2 fully saturated rings. The summed E-state index contributed by atoms with van der Waals surface area (Å²) in [6.45, 7) is 3.04. The second-order valence-electron chi connectivity index (χ2n) is 6.80. The molecule has 2 aliphatic heterocycles. The maximum Gasteiger partial charge on any atom is 0.249 e. The van der Waals surface area contributed by atoms with Gasteiger partial charge in [0, 0.05) is 51.4 Å². The number of ether oxygens (including phenoxy) is 2. The highest BCUT2D eigenvalue weighted by Crippen LogP contribution is 2.32. The standard InChI is InChI=1S/C18H24N6O2/c1-23(2)15-5-3-14(4-6-15)20-17-21-16(13-19-22-17)24-9-7-18(8-10-24)25-11-12-26-18/h3-6,13H,7-12H2,1-2H3,(H,20,21,22). The van der Waals surface area contributed by atoms with E-state index in [4.69, 9.17) is 9.47 Å². The summed E-state index contributed by atoms with van der Waals surface area (Å²) >= 11 is 0. The van der Waals surface area contributed by atoms with Crippen molar-refractivity contribution >= 4 is 23.1 Å². The predicted octanol–water partition coefficient (Wildman–Crippen LogP) is 2.02. The fourth-order valence-electron chi connectivity index (χ4n) is 3.33. The molecular formula is C18H24N6O2. The van der Waals surface area contributed by atoms with Crippen molar-refractivity contribution < 1.29 is 9.47 Å². The van der Waals surface area contributed by atoms with E-state index in [1.165, 1.54) is 0 Å². The minimum atomic E-state index is -0.383. The van der Waals surface area contributed by atoms with E-state index in [-0.39, 0.29) is 5.79 Å². The summed E-state index contributed by atoms with van der Waals surface area (Å²) in [7, 11) is 4.03. The van der Waals surface area contributed by atoms with Crippen LogP contribution in [0.4, 0.5) is 23.1 Å². The van der Waals surface area contributed by atoms with Crippen LogP contribution in [-0.4, -0.2) is 61.4 Å². The zero-order chi connectivity index (χ0) is 18.0. The SMILES string of the molecule is CN(C)c1ccc(Nc2nncc(N3CCC4(CC3)OCCO4)n2)cc1. The Labute approximate surface area is 153 Å². The summed E-state index contributed by atoms with van der Waals surface area (Å²) in [6, 6.07) is 8.10. The van der Waals surface area contributed by atoms with E-state index in [2.05, 4.69) is 30.3 Å². The molecule has 1 N–H and O–H groups in total. The fourth-order valence-corrected chi connectivity index (χ4v) is 3.33. The van der Waals surface area contributed by atoms with Gasteiger partial charge in [-0.1, -0.05) is 0 Å². The Morgan fingerprint density at radius 1 is 1.08 bits per heavy atom. The van der Waals surface area contributed by atoms with Gasteiger partial charge < -0.3 is 24.6 Å². The minimum Gasteiger partial charge on any atom is -0.378 e. The molecule has 0 amide bonds. The van der Waals surface area contributed by atoms with Crippen LogP contribution >= 0.6 is 0 Å². The summed E-state index contributed by atoms with van der Waals surface area (Å²) < 4.78 is 11.6. The van der Waals surface area contributed by atoms with Crippen molar-refractivity contribution in [2.75, 3.05) is 55.5 Å². The molecule has 26 heavy (non-hydrogen) atoms.